The molecular weight excluding hydrogens is 292 g/mol. The molecule has 3 rings (SSSR count). The van der Waals surface area contributed by atoms with Crippen molar-refractivity contribution >= 4 is 11.7 Å². The largest absolute Gasteiger partial charge is 0.322 e. The van der Waals surface area contributed by atoms with Crippen LogP contribution in [-0.4, -0.2) is 62.8 Å². The number of aromatic nitrogens is 3. The molecule has 1 saturated heterocycles. The highest BCUT2D eigenvalue weighted by Crippen LogP contribution is 2.11. The zero-order valence-corrected chi connectivity index (χ0v) is 13.5. The van der Waals surface area contributed by atoms with Crippen LogP contribution in [0.15, 0.2) is 36.8 Å². The molecule has 0 unspecified atom stereocenters. The number of nitrogens with one attached hydrogen (secondary N) is 1. The van der Waals surface area contributed by atoms with Crippen LogP contribution in [0.25, 0.3) is 5.82 Å². The maximum Gasteiger partial charge on any atom is 0.321 e. The third-order valence-corrected chi connectivity index (χ3v) is 4.07. The Morgan fingerprint density at radius 1 is 1.22 bits per heavy atom. The van der Waals surface area contributed by atoms with E-state index in [4.69, 9.17) is 0 Å². The third kappa shape index (κ3) is 3.68. The van der Waals surface area contributed by atoms with Crippen LogP contribution >= 0.6 is 0 Å². The van der Waals surface area contributed by atoms with Crippen LogP contribution in [0.1, 0.15) is 13.8 Å². The van der Waals surface area contributed by atoms with Gasteiger partial charge >= 0.3 is 6.03 Å². The number of piperazine rings is 1. The van der Waals surface area contributed by atoms with E-state index in [-0.39, 0.29) is 6.03 Å². The lowest BCUT2D eigenvalue weighted by Gasteiger charge is -2.36. The first kappa shape index (κ1) is 15.5. The average Bonchev–Trinajstić information content (AvgIpc) is 3.10. The highest BCUT2D eigenvalue weighted by molar-refractivity contribution is 5.89. The first-order valence-corrected chi connectivity index (χ1v) is 7.89. The summed E-state index contributed by atoms with van der Waals surface area (Å²) < 4.78 is 1.68. The van der Waals surface area contributed by atoms with Gasteiger partial charge in [0, 0.05) is 44.6 Å². The number of amides is 2. The Bertz CT molecular complexity index is 629. The van der Waals surface area contributed by atoms with Crippen LogP contribution < -0.4 is 5.32 Å². The van der Waals surface area contributed by atoms with Crippen molar-refractivity contribution in [3.63, 3.8) is 0 Å². The second kappa shape index (κ2) is 6.78. The minimum absolute atomic E-state index is 0.0676. The Hall–Kier alpha value is -2.41. The second-order valence-corrected chi connectivity index (χ2v) is 5.90. The summed E-state index contributed by atoms with van der Waals surface area (Å²) in [5, 5.41) is 7.03. The van der Waals surface area contributed by atoms with Crippen molar-refractivity contribution in [2.45, 2.75) is 19.9 Å². The fourth-order valence-corrected chi connectivity index (χ4v) is 2.64. The fraction of sp³-hybridized carbons (Fsp3) is 0.438. The van der Waals surface area contributed by atoms with Crippen LogP contribution in [0.4, 0.5) is 10.5 Å². The summed E-state index contributed by atoms with van der Waals surface area (Å²) in [5.74, 6) is 0.721. The van der Waals surface area contributed by atoms with Crippen LogP contribution in [-0.2, 0) is 0 Å². The van der Waals surface area contributed by atoms with Gasteiger partial charge in [-0.2, -0.15) is 5.10 Å². The smallest absolute Gasteiger partial charge is 0.321 e. The number of hydrogen-bond donors (Lipinski definition) is 1. The lowest BCUT2D eigenvalue weighted by atomic mass is 10.2. The van der Waals surface area contributed by atoms with Crippen molar-refractivity contribution in [1.82, 2.24) is 24.6 Å². The van der Waals surface area contributed by atoms with Gasteiger partial charge in [0.2, 0.25) is 0 Å². The molecule has 1 aliphatic heterocycles. The molecule has 2 aromatic heterocycles. The molecule has 23 heavy (non-hydrogen) atoms. The molecule has 0 aliphatic carbocycles. The number of rotatable bonds is 3. The molecule has 2 amide bonds. The monoisotopic (exact) mass is 314 g/mol. The Balaban J connectivity index is 1.56. The van der Waals surface area contributed by atoms with Crippen molar-refractivity contribution in [1.29, 1.82) is 0 Å². The van der Waals surface area contributed by atoms with Gasteiger partial charge in [0.15, 0.2) is 5.82 Å². The summed E-state index contributed by atoms with van der Waals surface area (Å²) in [5.41, 5.74) is 0.692. The minimum atomic E-state index is -0.0676. The van der Waals surface area contributed by atoms with E-state index in [0.717, 1.165) is 32.0 Å². The molecule has 7 nitrogen and oxygen atoms in total. The number of nitrogens with zero attached hydrogens (tertiary/aromatic N) is 5. The summed E-state index contributed by atoms with van der Waals surface area (Å²) in [6, 6.07) is 5.97. The summed E-state index contributed by atoms with van der Waals surface area (Å²) in [7, 11) is 0. The van der Waals surface area contributed by atoms with Gasteiger partial charge in [-0.3, -0.25) is 4.90 Å². The van der Waals surface area contributed by atoms with E-state index in [1.807, 2.05) is 29.3 Å². The highest BCUT2D eigenvalue weighted by atomic mass is 16.2. The minimum Gasteiger partial charge on any atom is -0.322 e. The van der Waals surface area contributed by atoms with Crippen LogP contribution in [0.5, 0.6) is 0 Å². The number of urea groups is 1. The molecule has 0 radical (unpaired) electrons. The zero-order chi connectivity index (χ0) is 16.2. The zero-order valence-electron chi connectivity index (χ0n) is 13.5. The van der Waals surface area contributed by atoms with Crippen molar-refractivity contribution in [2.75, 3.05) is 31.5 Å². The molecule has 7 heteroatoms. The first-order chi connectivity index (χ1) is 11.1. The Morgan fingerprint density at radius 3 is 2.57 bits per heavy atom. The SMILES string of the molecule is CC(C)N1CCN(C(=O)Nc2ccc(-n3cccn3)nc2)CC1. The average molecular weight is 314 g/mol. The van der Waals surface area contributed by atoms with Gasteiger partial charge in [-0.1, -0.05) is 0 Å². The Morgan fingerprint density at radius 2 is 2.00 bits per heavy atom. The second-order valence-electron chi connectivity index (χ2n) is 5.90. The van der Waals surface area contributed by atoms with E-state index in [1.165, 1.54) is 0 Å². The molecule has 0 bridgehead atoms. The van der Waals surface area contributed by atoms with Gasteiger partial charge < -0.3 is 10.2 Å². The topological polar surface area (TPSA) is 66.3 Å². The van der Waals surface area contributed by atoms with E-state index < -0.39 is 0 Å². The number of anilines is 1. The number of pyridine rings is 1. The molecule has 0 saturated carbocycles. The quantitative estimate of drug-likeness (QED) is 0.938. The molecule has 1 N–H and O–H groups in total. The molecule has 2 aromatic rings. The normalized spacial score (nSPS) is 15.9. The van der Waals surface area contributed by atoms with Crippen LogP contribution in [0.3, 0.4) is 0 Å². The molecule has 0 aromatic carbocycles. The summed E-state index contributed by atoms with van der Waals surface area (Å²) in [6.07, 6.45) is 5.18. The van der Waals surface area contributed by atoms with Gasteiger partial charge in [-0.15, -0.1) is 0 Å². The predicted octanol–water partition coefficient (Wildman–Crippen LogP) is 1.83. The van der Waals surface area contributed by atoms with E-state index >= 15 is 0 Å². The summed E-state index contributed by atoms with van der Waals surface area (Å²) in [6.45, 7) is 7.71. The molecular formula is C16H22N6O. The van der Waals surface area contributed by atoms with Gasteiger partial charge in [-0.05, 0) is 32.0 Å². The van der Waals surface area contributed by atoms with Crippen molar-refractivity contribution < 1.29 is 4.79 Å². The van der Waals surface area contributed by atoms with E-state index in [9.17, 15) is 4.79 Å². The fourth-order valence-electron chi connectivity index (χ4n) is 2.64. The van der Waals surface area contributed by atoms with Crippen molar-refractivity contribution in [3.8, 4) is 5.82 Å². The van der Waals surface area contributed by atoms with E-state index in [0.29, 0.717) is 11.7 Å². The van der Waals surface area contributed by atoms with Gasteiger partial charge in [0.05, 0.1) is 11.9 Å². The Kier molecular flexibility index (Phi) is 4.57. The van der Waals surface area contributed by atoms with Crippen LogP contribution in [0.2, 0.25) is 0 Å². The van der Waals surface area contributed by atoms with Crippen molar-refractivity contribution in [2.24, 2.45) is 0 Å². The maximum atomic E-state index is 12.3. The molecule has 3 heterocycles. The maximum absolute atomic E-state index is 12.3. The number of carbonyl (C=O) groups excluding carboxylic acids is 1. The first-order valence-electron chi connectivity index (χ1n) is 7.89. The van der Waals surface area contributed by atoms with Crippen molar-refractivity contribution in [3.05, 3.63) is 36.8 Å². The molecule has 0 atom stereocenters. The highest BCUT2D eigenvalue weighted by Gasteiger charge is 2.22. The van der Waals surface area contributed by atoms with Crippen LogP contribution in [0, 0.1) is 0 Å². The summed E-state index contributed by atoms with van der Waals surface area (Å²) >= 11 is 0. The third-order valence-electron chi connectivity index (χ3n) is 4.07. The number of hydrogen-bond acceptors (Lipinski definition) is 4. The number of carbonyl (C=O) groups is 1. The summed E-state index contributed by atoms with van der Waals surface area (Å²) in [4.78, 5) is 20.8. The predicted molar refractivity (Wildman–Crippen MR) is 88.7 cm³/mol. The lowest BCUT2D eigenvalue weighted by Crippen LogP contribution is -2.51. The molecule has 0 spiro atoms. The Labute approximate surface area is 135 Å². The molecule has 1 aliphatic rings. The van der Waals surface area contributed by atoms with E-state index in [2.05, 4.69) is 34.1 Å². The lowest BCUT2D eigenvalue weighted by molar-refractivity contribution is 0.125. The molecule has 122 valence electrons. The van der Waals surface area contributed by atoms with Gasteiger partial charge in [0.25, 0.3) is 0 Å². The molecule has 1 fully saturated rings. The van der Waals surface area contributed by atoms with E-state index in [1.54, 1.807) is 17.1 Å². The standard InChI is InChI=1S/C16H22N6O/c1-13(2)20-8-10-21(11-9-20)16(23)19-14-4-5-15(17-12-14)22-7-3-6-18-22/h3-7,12-13H,8-11H2,1-2H3,(H,19,23). The van der Waals surface area contributed by atoms with Gasteiger partial charge in [0.1, 0.15) is 0 Å². The van der Waals surface area contributed by atoms with Gasteiger partial charge in [-0.25, -0.2) is 14.5 Å².